The highest BCUT2D eigenvalue weighted by atomic mass is 35.5. The van der Waals surface area contributed by atoms with Crippen LogP contribution in [-0.2, 0) is 9.59 Å². The Labute approximate surface area is 171 Å². The molecule has 0 spiro atoms. The molecule has 2 heterocycles. The lowest BCUT2D eigenvalue weighted by atomic mass is 9.94. The predicted molar refractivity (Wildman–Crippen MR) is 106 cm³/mol. The highest BCUT2D eigenvalue weighted by molar-refractivity contribution is 6.25. The van der Waals surface area contributed by atoms with Gasteiger partial charge in [-0.2, -0.15) is 0 Å². The minimum Gasteiger partial charge on any atom is -0.478 e. The zero-order valence-corrected chi connectivity index (χ0v) is 16.2. The summed E-state index contributed by atoms with van der Waals surface area (Å²) in [5, 5.41) is 10.5. The number of halogens is 1. The quantitative estimate of drug-likeness (QED) is 0.453. The van der Waals surface area contributed by atoms with E-state index in [1.807, 2.05) is 0 Å². The van der Waals surface area contributed by atoms with Crippen molar-refractivity contribution in [2.24, 2.45) is 0 Å². The molecule has 150 valence electrons. The Morgan fingerprint density at radius 2 is 1.79 bits per heavy atom. The van der Waals surface area contributed by atoms with Gasteiger partial charge >= 0.3 is 5.97 Å². The number of benzene rings is 1. The molecule has 2 amide bonds. The second-order valence-corrected chi connectivity index (χ2v) is 7.78. The highest BCUT2D eigenvalue weighted by Crippen LogP contribution is 2.29. The average molecular weight is 415 g/mol. The van der Waals surface area contributed by atoms with Crippen LogP contribution < -0.4 is 5.43 Å². The number of hydrogen-bond acceptors (Lipinski definition) is 4. The molecule has 0 radical (unpaired) electrons. The lowest BCUT2D eigenvalue weighted by Gasteiger charge is -2.31. The van der Waals surface area contributed by atoms with Crippen LogP contribution in [0.1, 0.15) is 41.8 Å². The first-order valence-electron chi connectivity index (χ1n) is 9.36. The molecule has 2 N–H and O–H groups in total. The van der Waals surface area contributed by atoms with Gasteiger partial charge in [0.2, 0.25) is 0 Å². The van der Waals surface area contributed by atoms with Crippen molar-refractivity contribution in [1.29, 1.82) is 0 Å². The fourth-order valence-electron chi connectivity index (χ4n) is 3.63. The first kappa shape index (κ1) is 19.3. The number of rotatable bonds is 4. The molecule has 2 fully saturated rings. The van der Waals surface area contributed by atoms with Gasteiger partial charge in [0.15, 0.2) is 0 Å². The Bertz CT molecular complexity index is 987. The molecule has 0 unspecified atom stereocenters. The molecule has 1 aliphatic heterocycles. The normalized spacial score (nSPS) is 23.5. The van der Waals surface area contributed by atoms with Crippen LogP contribution >= 0.6 is 11.6 Å². The lowest BCUT2D eigenvalue weighted by molar-refractivity contribution is -0.131. The summed E-state index contributed by atoms with van der Waals surface area (Å²) in [7, 11) is 0. The smallest absolute Gasteiger partial charge is 0.335 e. The maximum absolute atomic E-state index is 12.7. The van der Waals surface area contributed by atoms with E-state index in [1.54, 1.807) is 24.3 Å². The van der Waals surface area contributed by atoms with E-state index >= 15 is 0 Å². The van der Waals surface area contributed by atoms with E-state index in [-0.39, 0.29) is 28.5 Å². The first-order chi connectivity index (χ1) is 13.9. The monoisotopic (exact) mass is 414 g/mol. The second-order valence-electron chi connectivity index (χ2n) is 7.16. The van der Waals surface area contributed by atoms with Crippen LogP contribution in [0.4, 0.5) is 0 Å². The Morgan fingerprint density at radius 1 is 1.10 bits per heavy atom. The van der Waals surface area contributed by atoms with Crippen LogP contribution in [0.3, 0.4) is 0 Å². The van der Waals surface area contributed by atoms with Crippen molar-refractivity contribution >= 4 is 35.5 Å². The number of aromatic carboxylic acids is 1. The third kappa shape index (κ3) is 3.91. The number of nitrogens with one attached hydrogen (secondary N) is 1. The van der Waals surface area contributed by atoms with Crippen LogP contribution in [0.25, 0.3) is 17.4 Å². The summed E-state index contributed by atoms with van der Waals surface area (Å²) in [6.07, 6.45) is 4.57. The fraction of sp³-hybridized carbons (Fsp3) is 0.286. The van der Waals surface area contributed by atoms with E-state index in [2.05, 4.69) is 5.43 Å². The molecule has 4 rings (SSSR count). The molecule has 29 heavy (non-hydrogen) atoms. The number of alkyl halides is 1. The Hall–Kier alpha value is -3.06. The van der Waals surface area contributed by atoms with Gasteiger partial charge in [0.1, 0.15) is 17.1 Å². The summed E-state index contributed by atoms with van der Waals surface area (Å²) in [6.45, 7) is 0. The molecule has 8 heteroatoms. The van der Waals surface area contributed by atoms with Gasteiger partial charge in [-0.1, -0.05) is 12.1 Å². The zero-order valence-electron chi connectivity index (χ0n) is 15.4. The van der Waals surface area contributed by atoms with Crippen molar-refractivity contribution in [2.75, 3.05) is 0 Å². The number of hydrazine groups is 1. The molecule has 1 aromatic carbocycles. The number of carbonyl (C=O) groups is 3. The van der Waals surface area contributed by atoms with Crippen LogP contribution in [0.5, 0.6) is 0 Å². The largest absolute Gasteiger partial charge is 0.478 e. The van der Waals surface area contributed by atoms with Crippen LogP contribution in [-0.4, -0.2) is 39.3 Å². The molecular weight excluding hydrogens is 396 g/mol. The van der Waals surface area contributed by atoms with E-state index in [0.717, 1.165) is 25.7 Å². The van der Waals surface area contributed by atoms with E-state index in [4.69, 9.17) is 21.1 Å². The first-order valence-corrected chi connectivity index (χ1v) is 9.80. The number of carbonyl (C=O) groups excluding carboxylic acids is 2. The van der Waals surface area contributed by atoms with Crippen LogP contribution in [0, 0.1) is 0 Å². The topological polar surface area (TPSA) is 99.9 Å². The van der Waals surface area contributed by atoms with Gasteiger partial charge in [0.05, 0.1) is 11.6 Å². The summed E-state index contributed by atoms with van der Waals surface area (Å²) < 4.78 is 5.73. The molecule has 1 aliphatic carbocycles. The van der Waals surface area contributed by atoms with Crippen molar-refractivity contribution < 1.29 is 23.9 Å². The second kappa shape index (κ2) is 7.75. The number of carboxylic acid groups (broad SMARTS) is 1. The van der Waals surface area contributed by atoms with Crippen LogP contribution in [0.2, 0.25) is 0 Å². The van der Waals surface area contributed by atoms with E-state index in [1.165, 1.54) is 23.2 Å². The summed E-state index contributed by atoms with van der Waals surface area (Å²) >= 11 is 6.12. The summed E-state index contributed by atoms with van der Waals surface area (Å²) in [4.78, 5) is 36.0. The predicted octanol–water partition coefficient (Wildman–Crippen LogP) is 3.45. The standard InChI is InChI=1S/C21H19ClN2O5/c22-14-5-7-15(8-6-14)24-20(26)17(19(25)23-24)11-16-9-10-18(29-16)12-1-3-13(4-2-12)21(27)28/h1-4,9-11,14-15H,5-8H2,(H,23,25)(H,27,28)/b17-11+. The number of nitrogens with zero attached hydrogens (tertiary/aromatic N) is 1. The van der Waals surface area contributed by atoms with Crippen molar-refractivity contribution in [3.05, 3.63) is 53.3 Å². The van der Waals surface area contributed by atoms with E-state index < -0.39 is 11.9 Å². The lowest BCUT2D eigenvalue weighted by Crippen LogP contribution is -2.46. The molecule has 7 nitrogen and oxygen atoms in total. The van der Waals surface area contributed by atoms with Gasteiger partial charge in [-0.25, -0.2) is 9.80 Å². The minimum absolute atomic E-state index is 0.0279. The maximum Gasteiger partial charge on any atom is 0.335 e. The third-order valence-corrected chi connectivity index (χ3v) is 5.67. The Balaban J connectivity index is 1.51. The van der Waals surface area contributed by atoms with Crippen molar-refractivity contribution in [2.45, 2.75) is 37.1 Å². The fourth-order valence-corrected chi connectivity index (χ4v) is 3.88. The van der Waals surface area contributed by atoms with Gasteiger partial charge in [0.25, 0.3) is 11.8 Å². The Morgan fingerprint density at radius 3 is 2.45 bits per heavy atom. The number of hydrogen-bond donors (Lipinski definition) is 2. The highest BCUT2D eigenvalue weighted by Gasteiger charge is 2.39. The molecular formula is C21H19ClN2O5. The molecule has 1 aromatic heterocycles. The Kier molecular flexibility index (Phi) is 5.15. The van der Waals surface area contributed by atoms with Gasteiger partial charge in [-0.15, -0.1) is 11.6 Å². The SMILES string of the molecule is O=C1NN(C2CCC(Cl)CC2)C(=O)/C1=C/c1ccc(-c2ccc(C(=O)O)cc2)o1. The van der Waals surface area contributed by atoms with Crippen molar-refractivity contribution in [3.8, 4) is 11.3 Å². The molecule has 1 saturated carbocycles. The van der Waals surface area contributed by atoms with Gasteiger partial charge in [0, 0.05) is 10.9 Å². The van der Waals surface area contributed by atoms with E-state index in [0.29, 0.717) is 17.1 Å². The molecule has 1 saturated heterocycles. The summed E-state index contributed by atoms with van der Waals surface area (Å²) in [5.41, 5.74) is 3.55. The third-order valence-electron chi connectivity index (χ3n) is 5.24. The van der Waals surface area contributed by atoms with Crippen LogP contribution in [0.15, 0.2) is 46.4 Å². The summed E-state index contributed by atoms with van der Waals surface area (Å²) in [5.74, 6) is -0.941. The maximum atomic E-state index is 12.7. The molecule has 0 bridgehead atoms. The van der Waals surface area contributed by atoms with Crippen molar-refractivity contribution in [3.63, 3.8) is 0 Å². The average Bonchev–Trinajstić information content (AvgIpc) is 3.29. The van der Waals surface area contributed by atoms with Crippen molar-refractivity contribution in [1.82, 2.24) is 10.4 Å². The number of furan rings is 1. The molecule has 0 atom stereocenters. The van der Waals surface area contributed by atoms with Gasteiger partial charge in [-0.3, -0.25) is 15.0 Å². The minimum atomic E-state index is -1.00. The zero-order chi connectivity index (χ0) is 20.5. The molecule has 2 aromatic rings. The summed E-state index contributed by atoms with van der Waals surface area (Å²) in [6, 6.07) is 9.57. The molecule has 2 aliphatic rings. The number of amides is 2. The number of carboxylic acids is 1. The van der Waals surface area contributed by atoms with Gasteiger partial charge in [-0.05, 0) is 56.0 Å². The van der Waals surface area contributed by atoms with Gasteiger partial charge < -0.3 is 9.52 Å². The van der Waals surface area contributed by atoms with E-state index in [9.17, 15) is 14.4 Å².